The van der Waals surface area contributed by atoms with Crippen molar-refractivity contribution in [2.45, 2.75) is 47.2 Å². The van der Waals surface area contributed by atoms with Crippen LogP contribution in [0.15, 0.2) is 24.3 Å². The van der Waals surface area contributed by atoms with Gasteiger partial charge in [0.05, 0.1) is 13.0 Å². The van der Waals surface area contributed by atoms with Crippen molar-refractivity contribution in [1.29, 1.82) is 0 Å². The molecule has 126 valence electrons. The van der Waals surface area contributed by atoms with Crippen LogP contribution in [-0.2, 0) is 29.0 Å². The van der Waals surface area contributed by atoms with Gasteiger partial charge >= 0.3 is 5.97 Å². The summed E-state index contributed by atoms with van der Waals surface area (Å²) in [5.74, 6) is -0.153. The highest BCUT2D eigenvalue weighted by molar-refractivity contribution is 5.82. The van der Waals surface area contributed by atoms with Gasteiger partial charge in [-0.25, -0.2) is 0 Å². The van der Waals surface area contributed by atoms with Crippen molar-refractivity contribution in [2.75, 3.05) is 6.61 Å². The van der Waals surface area contributed by atoms with E-state index in [4.69, 9.17) is 4.74 Å². The van der Waals surface area contributed by atoms with E-state index >= 15 is 0 Å². The standard InChI is InChI=1S/C21H25NO2/c1-5-24-20(23)10-17-14(3)18-11-22-12-19(18)15(4)21(17)16-8-6-13(2)7-9-16/h6-9,22H,5,10-12H2,1-4H3. The van der Waals surface area contributed by atoms with Gasteiger partial charge in [-0.1, -0.05) is 29.8 Å². The zero-order valence-corrected chi connectivity index (χ0v) is 15.0. The molecule has 2 aromatic carbocycles. The van der Waals surface area contributed by atoms with Crippen LogP contribution in [0.25, 0.3) is 11.1 Å². The summed E-state index contributed by atoms with van der Waals surface area (Å²) in [5.41, 5.74) is 9.96. The summed E-state index contributed by atoms with van der Waals surface area (Å²) in [7, 11) is 0. The summed E-state index contributed by atoms with van der Waals surface area (Å²) in [6.45, 7) is 10.5. The number of aryl methyl sites for hydroxylation is 1. The molecule has 0 bridgehead atoms. The van der Waals surface area contributed by atoms with Gasteiger partial charge in [-0.05, 0) is 66.6 Å². The number of hydrogen-bond donors (Lipinski definition) is 1. The van der Waals surface area contributed by atoms with Crippen LogP contribution in [0.2, 0.25) is 0 Å². The topological polar surface area (TPSA) is 38.3 Å². The molecule has 2 aromatic rings. The van der Waals surface area contributed by atoms with Crippen LogP contribution >= 0.6 is 0 Å². The fraction of sp³-hybridized carbons (Fsp3) is 0.381. The Hall–Kier alpha value is -2.13. The smallest absolute Gasteiger partial charge is 0.310 e. The molecule has 0 saturated carbocycles. The third-order valence-electron chi connectivity index (χ3n) is 4.97. The molecule has 1 aliphatic rings. The summed E-state index contributed by atoms with van der Waals surface area (Å²) in [6.07, 6.45) is 0.330. The summed E-state index contributed by atoms with van der Waals surface area (Å²) >= 11 is 0. The van der Waals surface area contributed by atoms with Gasteiger partial charge in [0.2, 0.25) is 0 Å². The zero-order chi connectivity index (χ0) is 17.3. The molecule has 1 aliphatic heterocycles. The summed E-state index contributed by atoms with van der Waals surface area (Å²) in [5, 5.41) is 3.45. The lowest BCUT2D eigenvalue weighted by Gasteiger charge is -2.20. The first kappa shape index (κ1) is 16.7. The van der Waals surface area contributed by atoms with E-state index in [-0.39, 0.29) is 5.97 Å². The Bertz CT molecular complexity index is 776. The average Bonchev–Trinajstić information content (AvgIpc) is 3.04. The lowest BCUT2D eigenvalue weighted by molar-refractivity contribution is -0.142. The van der Waals surface area contributed by atoms with Crippen molar-refractivity contribution in [1.82, 2.24) is 5.32 Å². The molecular formula is C21H25NO2. The molecule has 0 unspecified atom stereocenters. The number of hydrogen-bond acceptors (Lipinski definition) is 3. The fourth-order valence-corrected chi connectivity index (χ4v) is 3.68. The first-order valence-electron chi connectivity index (χ1n) is 8.60. The van der Waals surface area contributed by atoms with Gasteiger partial charge in [0.25, 0.3) is 0 Å². The third kappa shape index (κ3) is 2.96. The van der Waals surface area contributed by atoms with Crippen molar-refractivity contribution >= 4 is 5.97 Å². The molecule has 0 saturated heterocycles. The minimum Gasteiger partial charge on any atom is -0.466 e. The molecule has 24 heavy (non-hydrogen) atoms. The van der Waals surface area contributed by atoms with Gasteiger partial charge in [0, 0.05) is 13.1 Å². The highest BCUT2D eigenvalue weighted by Crippen LogP contribution is 2.37. The molecule has 0 atom stereocenters. The highest BCUT2D eigenvalue weighted by Gasteiger charge is 2.24. The van der Waals surface area contributed by atoms with E-state index in [1.807, 2.05) is 6.92 Å². The first-order chi connectivity index (χ1) is 11.5. The number of esters is 1. The average molecular weight is 323 g/mol. The number of fused-ring (bicyclic) bond motifs is 1. The third-order valence-corrected chi connectivity index (χ3v) is 4.97. The summed E-state index contributed by atoms with van der Waals surface area (Å²) in [4.78, 5) is 12.2. The van der Waals surface area contributed by atoms with Gasteiger partial charge in [-0.3, -0.25) is 4.79 Å². The van der Waals surface area contributed by atoms with Crippen molar-refractivity contribution < 1.29 is 9.53 Å². The highest BCUT2D eigenvalue weighted by atomic mass is 16.5. The van der Waals surface area contributed by atoms with E-state index in [2.05, 4.69) is 50.4 Å². The fourth-order valence-electron chi connectivity index (χ4n) is 3.68. The Morgan fingerprint density at radius 2 is 1.67 bits per heavy atom. The monoisotopic (exact) mass is 323 g/mol. The number of carbonyl (C=O) groups is 1. The maximum atomic E-state index is 12.2. The second kappa shape index (κ2) is 6.78. The quantitative estimate of drug-likeness (QED) is 0.865. The number of benzene rings is 2. The maximum absolute atomic E-state index is 12.2. The van der Waals surface area contributed by atoms with Gasteiger partial charge in [0.1, 0.15) is 0 Å². The first-order valence-corrected chi connectivity index (χ1v) is 8.60. The normalized spacial score (nSPS) is 13.0. The van der Waals surface area contributed by atoms with Crippen LogP contribution in [0, 0.1) is 20.8 Å². The minimum atomic E-state index is -0.153. The molecular weight excluding hydrogens is 298 g/mol. The van der Waals surface area contributed by atoms with Gasteiger partial charge in [-0.2, -0.15) is 0 Å². The lowest BCUT2D eigenvalue weighted by Crippen LogP contribution is -2.12. The molecule has 0 amide bonds. The van der Waals surface area contributed by atoms with Crippen molar-refractivity contribution in [2.24, 2.45) is 0 Å². The molecule has 0 aliphatic carbocycles. The second-order valence-corrected chi connectivity index (χ2v) is 6.51. The summed E-state index contributed by atoms with van der Waals surface area (Å²) < 4.78 is 5.22. The van der Waals surface area contributed by atoms with Crippen LogP contribution < -0.4 is 5.32 Å². The molecule has 3 nitrogen and oxygen atoms in total. The van der Waals surface area contributed by atoms with E-state index in [1.54, 1.807) is 0 Å². The lowest BCUT2D eigenvalue weighted by atomic mass is 9.84. The Balaban J connectivity index is 2.19. The van der Waals surface area contributed by atoms with E-state index in [0.717, 1.165) is 18.7 Å². The van der Waals surface area contributed by atoms with Gasteiger partial charge in [0.15, 0.2) is 0 Å². The molecule has 0 aromatic heterocycles. The second-order valence-electron chi connectivity index (χ2n) is 6.51. The Kier molecular flexibility index (Phi) is 4.72. The molecule has 3 heteroatoms. The maximum Gasteiger partial charge on any atom is 0.310 e. The minimum absolute atomic E-state index is 0.153. The predicted molar refractivity (Wildman–Crippen MR) is 97.0 cm³/mol. The predicted octanol–water partition coefficient (Wildman–Crippen LogP) is 3.99. The van der Waals surface area contributed by atoms with E-state index in [0.29, 0.717) is 13.0 Å². The number of carbonyl (C=O) groups excluding carboxylic acids is 1. The van der Waals surface area contributed by atoms with E-state index in [1.165, 1.54) is 38.9 Å². The number of ether oxygens (including phenoxy) is 1. The van der Waals surface area contributed by atoms with Gasteiger partial charge < -0.3 is 10.1 Å². The summed E-state index contributed by atoms with van der Waals surface area (Å²) in [6, 6.07) is 8.56. The molecule has 0 fully saturated rings. The van der Waals surface area contributed by atoms with Crippen LogP contribution in [0.5, 0.6) is 0 Å². The molecule has 0 radical (unpaired) electrons. The molecule has 3 rings (SSSR count). The Labute approximate surface area is 144 Å². The van der Waals surface area contributed by atoms with Gasteiger partial charge in [-0.15, -0.1) is 0 Å². The van der Waals surface area contributed by atoms with Crippen molar-refractivity contribution in [3.8, 4) is 11.1 Å². The molecule has 1 heterocycles. The van der Waals surface area contributed by atoms with Crippen molar-refractivity contribution in [3.05, 3.63) is 57.6 Å². The van der Waals surface area contributed by atoms with Crippen LogP contribution in [0.1, 0.15) is 40.3 Å². The largest absolute Gasteiger partial charge is 0.466 e. The SMILES string of the molecule is CCOC(=O)Cc1c(C)c2c(c(C)c1-c1ccc(C)cc1)CNC2. The molecule has 1 N–H and O–H groups in total. The number of nitrogens with one attached hydrogen (secondary N) is 1. The molecule has 0 spiro atoms. The van der Waals surface area contributed by atoms with Crippen molar-refractivity contribution in [3.63, 3.8) is 0 Å². The Morgan fingerprint density at radius 1 is 1.04 bits per heavy atom. The van der Waals surface area contributed by atoms with E-state index in [9.17, 15) is 4.79 Å². The zero-order valence-electron chi connectivity index (χ0n) is 15.0. The Morgan fingerprint density at radius 3 is 2.29 bits per heavy atom. The van der Waals surface area contributed by atoms with Crippen LogP contribution in [0.4, 0.5) is 0 Å². The van der Waals surface area contributed by atoms with E-state index < -0.39 is 0 Å². The van der Waals surface area contributed by atoms with Crippen LogP contribution in [-0.4, -0.2) is 12.6 Å². The van der Waals surface area contributed by atoms with Crippen LogP contribution in [0.3, 0.4) is 0 Å². The number of rotatable bonds is 4.